The molecule has 0 bridgehead atoms. The molecule has 0 saturated heterocycles. The van der Waals surface area contributed by atoms with Gasteiger partial charge in [-0.25, -0.2) is 9.97 Å². The number of carbonyl (C=O) groups is 1. The van der Waals surface area contributed by atoms with Crippen LogP contribution in [0.2, 0.25) is 5.02 Å². The number of amides is 1. The number of rotatable bonds is 3. The van der Waals surface area contributed by atoms with Crippen LogP contribution in [0.4, 0.5) is 0 Å². The third-order valence-electron chi connectivity index (χ3n) is 2.44. The Morgan fingerprint density at radius 1 is 1.42 bits per heavy atom. The molecule has 0 atom stereocenters. The highest BCUT2D eigenvalue weighted by atomic mass is 79.9. The van der Waals surface area contributed by atoms with Crippen molar-refractivity contribution in [2.24, 2.45) is 0 Å². The quantitative estimate of drug-likeness (QED) is 0.934. The number of nitrogens with one attached hydrogen (secondary N) is 1. The third-order valence-corrected chi connectivity index (χ3v) is 3.36. The number of hydrogen-bond acceptors (Lipinski definition) is 3. The van der Waals surface area contributed by atoms with Gasteiger partial charge in [0.2, 0.25) is 0 Å². The smallest absolute Gasteiger partial charge is 0.252 e. The third kappa shape index (κ3) is 3.75. The maximum Gasteiger partial charge on any atom is 0.252 e. The summed E-state index contributed by atoms with van der Waals surface area (Å²) in [7, 11) is 0. The van der Waals surface area contributed by atoms with Crippen LogP contribution in [0.5, 0.6) is 0 Å². The molecule has 2 aromatic rings. The van der Waals surface area contributed by atoms with Crippen molar-refractivity contribution in [3.8, 4) is 0 Å². The summed E-state index contributed by atoms with van der Waals surface area (Å²) < 4.78 is 0.702. The first-order chi connectivity index (χ1) is 9.06. The van der Waals surface area contributed by atoms with Crippen molar-refractivity contribution in [2.45, 2.75) is 13.5 Å². The Balaban J connectivity index is 2.07. The molecule has 0 aliphatic rings. The van der Waals surface area contributed by atoms with E-state index in [1.807, 2.05) is 0 Å². The summed E-state index contributed by atoms with van der Waals surface area (Å²) in [5.41, 5.74) is 1.26. The van der Waals surface area contributed by atoms with Crippen molar-refractivity contribution in [3.05, 3.63) is 57.0 Å². The molecule has 1 aromatic heterocycles. The largest absolute Gasteiger partial charge is 0.346 e. The van der Waals surface area contributed by atoms with Crippen LogP contribution in [0.1, 0.15) is 21.9 Å². The number of halogens is 2. The standard InChI is InChI=1S/C13H11BrClN3O/c1-8-16-5-4-10(18-8)7-17-13(19)11-6-9(15)2-3-12(11)14/h2-6H,7H2,1H3,(H,17,19). The van der Waals surface area contributed by atoms with Crippen molar-refractivity contribution in [1.82, 2.24) is 15.3 Å². The zero-order valence-corrected chi connectivity index (χ0v) is 12.5. The lowest BCUT2D eigenvalue weighted by atomic mass is 10.2. The summed E-state index contributed by atoms with van der Waals surface area (Å²) in [6.07, 6.45) is 1.67. The predicted molar refractivity (Wildman–Crippen MR) is 77.1 cm³/mol. The Labute approximate surface area is 124 Å². The lowest BCUT2D eigenvalue weighted by Gasteiger charge is -2.07. The van der Waals surface area contributed by atoms with Crippen LogP contribution in [0.25, 0.3) is 0 Å². The molecule has 98 valence electrons. The van der Waals surface area contributed by atoms with E-state index in [0.717, 1.165) is 5.69 Å². The molecule has 0 saturated carbocycles. The maximum absolute atomic E-state index is 12.0. The number of aromatic nitrogens is 2. The first-order valence-electron chi connectivity index (χ1n) is 5.58. The minimum absolute atomic E-state index is 0.203. The number of carbonyl (C=O) groups excluding carboxylic acids is 1. The van der Waals surface area contributed by atoms with Crippen molar-refractivity contribution in [1.29, 1.82) is 0 Å². The first kappa shape index (κ1) is 14.0. The highest BCUT2D eigenvalue weighted by molar-refractivity contribution is 9.10. The van der Waals surface area contributed by atoms with Gasteiger partial charge in [-0.3, -0.25) is 4.79 Å². The van der Waals surface area contributed by atoms with Gasteiger partial charge in [-0.05, 0) is 47.1 Å². The van der Waals surface area contributed by atoms with Crippen molar-refractivity contribution in [2.75, 3.05) is 0 Å². The second-order valence-electron chi connectivity index (χ2n) is 3.90. The van der Waals surface area contributed by atoms with Gasteiger partial charge in [-0.15, -0.1) is 0 Å². The van der Waals surface area contributed by atoms with Crippen molar-refractivity contribution in [3.63, 3.8) is 0 Å². The molecule has 19 heavy (non-hydrogen) atoms. The summed E-state index contributed by atoms with van der Waals surface area (Å²) in [4.78, 5) is 20.3. The Morgan fingerprint density at radius 3 is 2.95 bits per heavy atom. The van der Waals surface area contributed by atoms with E-state index in [1.165, 1.54) is 0 Å². The number of nitrogens with zero attached hydrogens (tertiary/aromatic N) is 2. The monoisotopic (exact) mass is 339 g/mol. The Bertz CT molecular complexity index is 619. The molecular formula is C13H11BrClN3O. The van der Waals surface area contributed by atoms with Crippen LogP contribution in [0, 0.1) is 6.92 Å². The molecule has 6 heteroatoms. The van der Waals surface area contributed by atoms with Gasteiger partial charge in [-0.2, -0.15) is 0 Å². The van der Waals surface area contributed by atoms with E-state index in [0.29, 0.717) is 27.4 Å². The van der Waals surface area contributed by atoms with Crippen LogP contribution in [-0.2, 0) is 6.54 Å². The number of aryl methyl sites for hydroxylation is 1. The molecule has 0 fully saturated rings. The first-order valence-corrected chi connectivity index (χ1v) is 6.75. The van der Waals surface area contributed by atoms with E-state index >= 15 is 0 Å². The summed E-state index contributed by atoms with van der Waals surface area (Å²) in [5, 5.41) is 3.31. The molecular weight excluding hydrogens is 330 g/mol. The van der Waals surface area contributed by atoms with Gasteiger partial charge in [0.25, 0.3) is 5.91 Å². The Morgan fingerprint density at radius 2 is 2.21 bits per heavy atom. The van der Waals surface area contributed by atoms with Crippen molar-refractivity contribution < 1.29 is 4.79 Å². The minimum Gasteiger partial charge on any atom is -0.346 e. The zero-order chi connectivity index (χ0) is 13.8. The normalized spacial score (nSPS) is 10.3. The number of benzene rings is 1. The summed E-state index contributed by atoms with van der Waals surface area (Å²) >= 11 is 9.20. The molecule has 0 radical (unpaired) electrons. The van der Waals surface area contributed by atoms with E-state index in [9.17, 15) is 4.79 Å². The molecule has 0 spiro atoms. The molecule has 1 amide bonds. The van der Waals surface area contributed by atoms with Crippen LogP contribution >= 0.6 is 27.5 Å². The summed E-state index contributed by atoms with van der Waals surface area (Å²) in [6, 6.07) is 6.84. The maximum atomic E-state index is 12.0. The fourth-order valence-electron chi connectivity index (χ4n) is 1.54. The molecule has 1 N–H and O–H groups in total. The molecule has 1 aromatic carbocycles. The van der Waals surface area contributed by atoms with Crippen LogP contribution in [0.15, 0.2) is 34.9 Å². The Kier molecular flexibility index (Phi) is 4.50. The van der Waals surface area contributed by atoms with Gasteiger partial charge >= 0.3 is 0 Å². The Hall–Kier alpha value is -1.46. The number of hydrogen-bond donors (Lipinski definition) is 1. The molecule has 1 heterocycles. The topological polar surface area (TPSA) is 54.9 Å². The van der Waals surface area contributed by atoms with Crippen LogP contribution in [0.3, 0.4) is 0 Å². The summed E-state index contributed by atoms with van der Waals surface area (Å²) in [5.74, 6) is 0.473. The molecule has 4 nitrogen and oxygen atoms in total. The van der Waals surface area contributed by atoms with Gasteiger partial charge in [0.15, 0.2) is 0 Å². The summed E-state index contributed by atoms with van der Waals surface area (Å²) in [6.45, 7) is 2.15. The second-order valence-corrected chi connectivity index (χ2v) is 5.19. The molecule has 0 aliphatic heterocycles. The highest BCUT2D eigenvalue weighted by Crippen LogP contribution is 2.21. The highest BCUT2D eigenvalue weighted by Gasteiger charge is 2.10. The fourth-order valence-corrected chi connectivity index (χ4v) is 2.14. The van der Waals surface area contributed by atoms with Crippen LogP contribution in [-0.4, -0.2) is 15.9 Å². The fraction of sp³-hybridized carbons (Fsp3) is 0.154. The van der Waals surface area contributed by atoms with Crippen molar-refractivity contribution >= 4 is 33.4 Å². The van der Waals surface area contributed by atoms with E-state index in [4.69, 9.17) is 11.6 Å². The lowest BCUT2D eigenvalue weighted by molar-refractivity contribution is 0.0949. The lowest BCUT2D eigenvalue weighted by Crippen LogP contribution is -2.23. The van der Waals surface area contributed by atoms with Gasteiger partial charge in [0, 0.05) is 15.7 Å². The zero-order valence-electron chi connectivity index (χ0n) is 10.2. The SMILES string of the molecule is Cc1nccc(CNC(=O)c2cc(Cl)ccc2Br)n1. The molecule has 0 unspecified atom stereocenters. The van der Waals surface area contributed by atoms with Gasteiger partial charge < -0.3 is 5.32 Å². The van der Waals surface area contributed by atoms with Gasteiger partial charge in [0.1, 0.15) is 5.82 Å². The second kappa shape index (κ2) is 6.12. The average molecular weight is 341 g/mol. The minimum atomic E-state index is -0.203. The van der Waals surface area contributed by atoms with Crippen LogP contribution < -0.4 is 5.32 Å². The average Bonchev–Trinajstić information content (AvgIpc) is 2.39. The van der Waals surface area contributed by atoms with Gasteiger partial charge in [-0.1, -0.05) is 11.6 Å². The van der Waals surface area contributed by atoms with E-state index < -0.39 is 0 Å². The molecule has 2 rings (SSSR count). The van der Waals surface area contributed by atoms with E-state index in [-0.39, 0.29) is 5.91 Å². The van der Waals surface area contributed by atoms with E-state index in [1.54, 1.807) is 37.4 Å². The predicted octanol–water partition coefficient (Wildman–Crippen LogP) is 3.13. The van der Waals surface area contributed by atoms with Gasteiger partial charge in [0.05, 0.1) is 17.8 Å². The van der Waals surface area contributed by atoms with E-state index in [2.05, 4.69) is 31.2 Å². The molecule has 0 aliphatic carbocycles.